The van der Waals surface area contributed by atoms with Crippen LogP contribution in [0.4, 0.5) is 13.2 Å². The van der Waals surface area contributed by atoms with Crippen LogP contribution in [0.3, 0.4) is 0 Å². The Morgan fingerprint density at radius 2 is 1.93 bits per heavy atom. The maximum Gasteiger partial charge on any atom is 0.413 e. The van der Waals surface area contributed by atoms with E-state index in [-0.39, 0.29) is 11.5 Å². The summed E-state index contributed by atoms with van der Waals surface area (Å²) in [5.41, 5.74) is 2.72. The third-order valence-electron chi connectivity index (χ3n) is 2.80. The normalized spacial score (nSPS) is 30.8. The molecule has 0 aliphatic heterocycles. The molecular weight excluding hydrogens is 207 g/mol. The first-order valence-corrected chi connectivity index (χ1v) is 5.14. The Bertz CT molecular complexity index is 215. The average molecular weight is 225 g/mol. The maximum atomic E-state index is 11.8. The molecule has 1 rings (SSSR count). The van der Waals surface area contributed by atoms with Crippen LogP contribution in [0.1, 0.15) is 33.6 Å². The van der Waals surface area contributed by atoms with Crippen molar-refractivity contribution in [2.45, 2.75) is 45.8 Å². The van der Waals surface area contributed by atoms with E-state index in [1.165, 1.54) is 0 Å². The van der Waals surface area contributed by atoms with Gasteiger partial charge in [-0.25, -0.2) is 0 Å². The standard InChI is InChI=1S/C10H18F3NO/c1-7-4-9(2,3)5-8(7)14-15-6-10(11,12)13/h7-8,14H,4-6H2,1-3H3. The zero-order valence-corrected chi connectivity index (χ0v) is 9.32. The van der Waals surface area contributed by atoms with Crippen molar-refractivity contribution < 1.29 is 18.0 Å². The highest BCUT2D eigenvalue weighted by Crippen LogP contribution is 2.40. The smallest absolute Gasteiger partial charge is 0.292 e. The summed E-state index contributed by atoms with van der Waals surface area (Å²) < 4.78 is 35.4. The van der Waals surface area contributed by atoms with Gasteiger partial charge in [-0.3, -0.25) is 4.84 Å². The van der Waals surface area contributed by atoms with Gasteiger partial charge in [0.05, 0.1) is 0 Å². The Morgan fingerprint density at radius 3 is 2.33 bits per heavy atom. The summed E-state index contributed by atoms with van der Waals surface area (Å²) in [6.07, 6.45) is -2.39. The summed E-state index contributed by atoms with van der Waals surface area (Å²) in [6, 6.07) is 0.0300. The van der Waals surface area contributed by atoms with E-state index in [1.54, 1.807) is 0 Å². The zero-order valence-electron chi connectivity index (χ0n) is 9.32. The fourth-order valence-electron chi connectivity index (χ4n) is 2.28. The van der Waals surface area contributed by atoms with Crippen LogP contribution in [0.15, 0.2) is 0 Å². The quantitative estimate of drug-likeness (QED) is 0.746. The lowest BCUT2D eigenvalue weighted by Gasteiger charge is -2.18. The lowest BCUT2D eigenvalue weighted by molar-refractivity contribution is -0.193. The minimum Gasteiger partial charge on any atom is -0.292 e. The Hall–Kier alpha value is -0.290. The molecule has 1 N–H and O–H groups in total. The van der Waals surface area contributed by atoms with E-state index in [9.17, 15) is 13.2 Å². The fourth-order valence-corrected chi connectivity index (χ4v) is 2.28. The number of halogens is 3. The van der Waals surface area contributed by atoms with Crippen LogP contribution in [0.5, 0.6) is 0 Å². The van der Waals surface area contributed by atoms with Gasteiger partial charge in [0.2, 0.25) is 0 Å². The third kappa shape index (κ3) is 4.38. The van der Waals surface area contributed by atoms with Gasteiger partial charge in [0.15, 0.2) is 6.61 Å². The van der Waals surface area contributed by atoms with Gasteiger partial charge in [0.25, 0.3) is 0 Å². The van der Waals surface area contributed by atoms with Gasteiger partial charge in [-0.05, 0) is 24.2 Å². The molecule has 90 valence electrons. The molecule has 0 spiro atoms. The topological polar surface area (TPSA) is 21.3 Å². The number of rotatable bonds is 3. The highest BCUT2D eigenvalue weighted by molar-refractivity contribution is 4.89. The molecule has 0 saturated heterocycles. The minimum atomic E-state index is -4.26. The summed E-state index contributed by atoms with van der Waals surface area (Å²) in [7, 11) is 0. The monoisotopic (exact) mass is 225 g/mol. The molecule has 0 aromatic rings. The van der Waals surface area contributed by atoms with Gasteiger partial charge >= 0.3 is 6.18 Å². The molecule has 2 nitrogen and oxygen atoms in total. The molecule has 1 saturated carbocycles. The molecule has 1 aliphatic rings. The van der Waals surface area contributed by atoms with Gasteiger partial charge in [0.1, 0.15) is 0 Å². The lowest BCUT2D eigenvalue weighted by atomic mass is 9.91. The van der Waals surface area contributed by atoms with Crippen LogP contribution < -0.4 is 5.48 Å². The van der Waals surface area contributed by atoms with Crippen molar-refractivity contribution in [3.8, 4) is 0 Å². The van der Waals surface area contributed by atoms with Crippen LogP contribution in [-0.4, -0.2) is 18.8 Å². The molecule has 0 heterocycles. The van der Waals surface area contributed by atoms with E-state index >= 15 is 0 Å². The summed E-state index contributed by atoms with van der Waals surface area (Å²) in [4.78, 5) is 4.47. The molecule has 0 radical (unpaired) electrons. The SMILES string of the molecule is CC1CC(C)(C)CC1NOCC(F)(F)F. The molecule has 1 aliphatic carbocycles. The molecule has 0 bridgehead atoms. The second-order valence-corrected chi connectivity index (χ2v) is 5.18. The average Bonchev–Trinajstić information content (AvgIpc) is 2.22. The summed E-state index contributed by atoms with van der Waals surface area (Å²) >= 11 is 0. The van der Waals surface area contributed by atoms with Crippen molar-refractivity contribution in [2.75, 3.05) is 6.61 Å². The molecule has 5 heteroatoms. The van der Waals surface area contributed by atoms with Gasteiger partial charge in [-0.15, -0.1) is 0 Å². The Balaban J connectivity index is 2.29. The van der Waals surface area contributed by atoms with Crippen molar-refractivity contribution in [1.82, 2.24) is 5.48 Å². The van der Waals surface area contributed by atoms with Crippen LogP contribution in [0, 0.1) is 11.3 Å². The second-order valence-electron chi connectivity index (χ2n) is 5.18. The second kappa shape index (κ2) is 4.29. The number of hydroxylamine groups is 1. The van der Waals surface area contributed by atoms with E-state index in [0.717, 1.165) is 12.8 Å². The zero-order chi connectivity index (χ0) is 11.7. The molecule has 0 aromatic heterocycles. The first-order chi connectivity index (χ1) is 6.70. The molecular formula is C10H18F3NO. The number of hydrogen-bond donors (Lipinski definition) is 1. The third-order valence-corrected chi connectivity index (χ3v) is 2.80. The van der Waals surface area contributed by atoms with Gasteiger partial charge in [-0.1, -0.05) is 20.8 Å². The van der Waals surface area contributed by atoms with E-state index in [4.69, 9.17) is 0 Å². The predicted octanol–water partition coefficient (Wildman–Crippen LogP) is 2.89. The van der Waals surface area contributed by atoms with Crippen LogP contribution in [0.2, 0.25) is 0 Å². The van der Waals surface area contributed by atoms with Gasteiger partial charge in [-0.2, -0.15) is 18.7 Å². The Labute approximate surface area is 88.1 Å². The van der Waals surface area contributed by atoms with Crippen molar-refractivity contribution in [3.63, 3.8) is 0 Å². The van der Waals surface area contributed by atoms with Crippen molar-refractivity contribution in [3.05, 3.63) is 0 Å². The van der Waals surface area contributed by atoms with Crippen molar-refractivity contribution in [1.29, 1.82) is 0 Å². The summed E-state index contributed by atoms with van der Waals surface area (Å²) in [5, 5.41) is 0. The van der Waals surface area contributed by atoms with Crippen LogP contribution >= 0.6 is 0 Å². The van der Waals surface area contributed by atoms with Crippen LogP contribution in [0.25, 0.3) is 0 Å². The Morgan fingerprint density at radius 1 is 1.33 bits per heavy atom. The Kier molecular flexibility index (Phi) is 3.66. The van der Waals surface area contributed by atoms with Gasteiger partial charge < -0.3 is 0 Å². The maximum absolute atomic E-state index is 11.8. The van der Waals surface area contributed by atoms with Crippen molar-refractivity contribution in [2.24, 2.45) is 11.3 Å². The summed E-state index contributed by atoms with van der Waals surface area (Å²) in [6.45, 7) is 5.05. The van der Waals surface area contributed by atoms with E-state index < -0.39 is 12.8 Å². The highest BCUT2D eigenvalue weighted by atomic mass is 19.4. The van der Waals surface area contributed by atoms with Gasteiger partial charge in [0, 0.05) is 6.04 Å². The molecule has 0 amide bonds. The van der Waals surface area contributed by atoms with E-state index in [1.807, 2.05) is 6.92 Å². The molecule has 0 aromatic carbocycles. The van der Waals surface area contributed by atoms with Crippen molar-refractivity contribution >= 4 is 0 Å². The minimum absolute atomic E-state index is 0.0300. The molecule has 1 fully saturated rings. The largest absolute Gasteiger partial charge is 0.413 e. The number of alkyl halides is 3. The van der Waals surface area contributed by atoms with E-state index in [2.05, 4.69) is 24.2 Å². The number of nitrogens with one attached hydrogen (secondary N) is 1. The molecule has 15 heavy (non-hydrogen) atoms. The lowest BCUT2D eigenvalue weighted by Crippen LogP contribution is -2.35. The number of hydrogen-bond acceptors (Lipinski definition) is 2. The molecule has 2 atom stereocenters. The summed E-state index contributed by atoms with van der Waals surface area (Å²) in [5.74, 6) is 0.355. The first-order valence-electron chi connectivity index (χ1n) is 5.14. The predicted molar refractivity (Wildman–Crippen MR) is 51.1 cm³/mol. The fraction of sp³-hybridized carbons (Fsp3) is 1.00. The van der Waals surface area contributed by atoms with Crippen LogP contribution in [-0.2, 0) is 4.84 Å². The first kappa shape index (κ1) is 12.8. The van der Waals surface area contributed by atoms with E-state index in [0.29, 0.717) is 5.92 Å². The molecule has 2 unspecified atom stereocenters. The highest BCUT2D eigenvalue weighted by Gasteiger charge is 2.37.